The number of carbonyl (C=O) groups excluding carboxylic acids is 1. The number of ketones is 1. The van der Waals surface area contributed by atoms with Gasteiger partial charge < -0.3 is 4.74 Å². The van der Waals surface area contributed by atoms with Crippen molar-refractivity contribution in [2.75, 3.05) is 13.4 Å². The average Bonchev–Trinajstić information content (AvgIpc) is 3.00. The molecule has 0 aliphatic carbocycles. The summed E-state index contributed by atoms with van der Waals surface area (Å²) < 4.78 is 7.48. The predicted molar refractivity (Wildman–Crippen MR) is 105 cm³/mol. The topological polar surface area (TPSA) is 56.5 Å². The summed E-state index contributed by atoms with van der Waals surface area (Å²) in [7, 11) is 1.66. The number of Topliss-reactive ketones (excluding diaryl/α,β-unsaturated/α-hetero) is 1. The van der Waals surface area contributed by atoms with Crippen LogP contribution in [0.3, 0.4) is 0 Å². The zero-order valence-corrected chi connectivity index (χ0v) is 16.6. The van der Waals surface area contributed by atoms with E-state index in [1.54, 1.807) is 13.3 Å². The Balaban J connectivity index is 2.32. The third-order valence-electron chi connectivity index (χ3n) is 4.35. The highest BCUT2D eigenvalue weighted by molar-refractivity contribution is 7.98. The highest BCUT2D eigenvalue weighted by atomic mass is 32.2. The van der Waals surface area contributed by atoms with Crippen molar-refractivity contribution in [3.05, 3.63) is 41.3 Å². The first-order valence-electron chi connectivity index (χ1n) is 8.61. The van der Waals surface area contributed by atoms with E-state index in [1.807, 2.05) is 43.7 Å². The van der Waals surface area contributed by atoms with Crippen LogP contribution >= 0.6 is 11.8 Å². The van der Waals surface area contributed by atoms with Crippen molar-refractivity contribution in [2.45, 2.75) is 38.6 Å². The number of thioether (sulfide) groups is 1. The summed E-state index contributed by atoms with van der Waals surface area (Å²) >= 11 is 1.48. The van der Waals surface area contributed by atoms with Crippen LogP contribution < -0.4 is 4.74 Å². The molecule has 0 amide bonds. The van der Waals surface area contributed by atoms with Crippen molar-refractivity contribution in [3.8, 4) is 17.0 Å². The molecule has 0 radical (unpaired) electrons. The van der Waals surface area contributed by atoms with Crippen LogP contribution in [0.1, 0.15) is 41.4 Å². The standard InChI is InChI=1S/C20H23N3O2S/c1-6-7-14(24)18-20(26-5)22-19-17(21-8-9-23(18)19)16-13(3)10-12(2)11-15(16)25-4/h8-11H,6-7H2,1-5H3. The summed E-state index contributed by atoms with van der Waals surface area (Å²) in [5.41, 5.74) is 5.16. The summed E-state index contributed by atoms with van der Waals surface area (Å²) in [5, 5.41) is 0.737. The molecule has 0 bridgehead atoms. The Labute approximate surface area is 157 Å². The minimum atomic E-state index is 0.106. The molecule has 26 heavy (non-hydrogen) atoms. The van der Waals surface area contributed by atoms with Crippen molar-refractivity contribution in [1.29, 1.82) is 0 Å². The van der Waals surface area contributed by atoms with Gasteiger partial charge in [-0.1, -0.05) is 13.0 Å². The first-order chi connectivity index (χ1) is 12.5. The molecule has 1 aromatic carbocycles. The number of methoxy groups -OCH3 is 1. The summed E-state index contributed by atoms with van der Waals surface area (Å²) in [5.74, 6) is 0.868. The Morgan fingerprint density at radius 2 is 2.08 bits per heavy atom. The Hall–Kier alpha value is -2.34. The van der Waals surface area contributed by atoms with E-state index in [1.165, 1.54) is 11.8 Å². The molecule has 0 aliphatic rings. The number of benzene rings is 1. The molecule has 0 unspecified atom stereocenters. The number of aromatic nitrogens is 3. The Bertz CT molecular complexity index is 979. The van der Waals surface area contributed by atoms with E-state index in [0.29, 0.717) is 17.8 Å². The number of nitrogens with zero attached hydrogens (tertiary/aromatic N) is 3. The van der Waals surface area contributed by atoms with Crippen LogP contribution in [0.15, 0.2) is 29.6 Å². The summed E-state index contributed by atoms with van der Waals surface area (Å²) in [6.07, 6.45) is 6.78. The maximum Gasteiger partial charge on any atom is 0.182 e. The lowest BCUT2D eigenvalue weighted by molar-refractivity contribution is 0.0973. The number of rotatable bonds is 6. The molecule has 0 fully saturated rings. The number of ether oxygens (including phenoxy) is 1. The average molecular weight is 369 g/mol. The molecule has 0 N–H and O–H groups in total. The van der Waals surface area contributed by atoms with Crippen LogP contribution in [0.2, 0.25) is 0 Å². The summed E-state index contributed by atoms with van der Waals surface area (Å²) in [6, 6.07) is 4.10. The maximum atomic E-state index is 12.7. The van der Waals surface area contributed by atoms with E-state index in [2.05, 4.69) is 11.1 Å². The molecule has 2 aromatic heterocycles. The molecule has 0 aliphatic heterocycles. The van der Waals surface area contributed by atoms with E-state index < -0.39 is 0 Å². The Morgan fingerprint density at radius 1 is 1.31 bits per heavy atom. The second-order valence-corrected chi connectivity index (χ2v) is 7.07. The van der Waals surface area contributed by atoms with Gasteiger partial charge in [0.05, 0.1) is 7.11 Å². The van der Waals surface area contributed by atoms with Crippen molar-refractivity contribution in [2.24, 2.45) is 0 Å². The second-order valence-electron chi connectivity index (χ2n) is 6.27. The second kappa shape index (κ2) is 7.50. The van der Waals surface area contributed by atoms with E-state index in [-0.39, 0.29) is 5.78 Å². The minimum Gasteiger partial charge on any atom is -0.496 e. The molecule has 0 atom stereocenters. The molecule has 0 spiro atoms. The molecule has 3 aromatic rings. The van der Waals surface area contributed by atoms with Gasteiger partial charge in [-0.3, -0.25) is 14.2 Å². The lowest BCUT2D eigenvalue weighted by atomic mass is 10.0. The zero-order valence-electron chi connectivity index (χ0n) is 15.8. The third kappa shape index (κ3) is 3.09. The highest BCUT2D eigenvalue weighted by Gasteiger charge is 2.23. The van der Waals surface area contributed by atoms with Gasteiger partial charge in [0.25, 0.3) is 0 Å². The number of imidazole rings is 1. The molecule has 136 valence electrons. The number of carbonyl (C=O) groups is 1. The molecule has 5 nitrogen and oxygen atoms in total. The van der Waals surface area contributed by atoms with Crippen molar-refractivity contribution in [1.82, 2.24) is 14.4 Å². The first kappa shape index (κ1) is 18.5. The smallest absolute Gasteiger partial charge is 0.182 e. The van der Waals surface area contributed by atoms with E-state index in [9.17, 15) is 4.79 Å². The molecule has 0 saturated carbocycles. The van der Waals surface area contributed by atoms with Gasteiger partial charge in [-0.15, -0.1) is 11.8 Å². The Kier molecular flexibility index (Phi) is 5.32. The first-order valence-corrected chi connectivity index (χ1v) is 9.84. The van der Waals surface area contributed by atoms with Gasteiger partial charge in [0, 0.05) is 24.4 Å². The molecular formula is C20H23N3O2S. The highest BCUT2D eigenvalue weighted by Crippen LogP contribution is 2.36. The van der Waals surface area contributed by atoms with Gasteiger partial charge in [0.2, 0.25) is 0 Å². The number of hydrogen-bond acceptors (Lipinski definition) is 5. The normalized spacial score (nSPS) is 11.1. The van der Waals surface area contributed by atoms with Gasteiger partial charge in [-0.25, -0.2) is 4.98 Å². The SMILES string of the molecule is CCCC(=O)c1c(SC)nc2c(-c3c(C)cc(C)cc3OC)nccn12. The summed E-state index contributed by atoms with van der Waals surface area (Å²) in [4.78, 5) is 22.0. The van der Waals surface area contributed by atoms with Gasteiger partial charge >= 0.3 is 0 Å². The van der Waals surface area contributed by atoms with Crippen molar-refractivity contribution < 1.29 is 9.53 Å². The lowest BCUT2D eigenvalue weighted by Crippen LogP contribution is -2.05. The van der Waals surface area contributed by atoms with Crippen molar-refractivity contribution in [3.63, 3.8) is 0 Å². The van der Waals surface area contributed by atoms with Crippen LogP contribution in [-0.2, 0) is 0 Å². The van der Waals surface area contributed by atoms with E-state index >= 15 is 0 Å². The van der Waals surface area contributed by atoms with Crippen LogP contribution in [0, 0.1) is 13.8 Å². The predicted octanol–water partition coefficient (Wildman–Crippen LogP) is 4.73. The molecule has 6 heteroatoms. The van der Waals surface area contributed by atoms with Crippen molar-refractivity contribution >= 4 is 23.2 Å². The number of fused-ring (bicyclic) bond motifs is 1. The summed E-state index contributed by atoms with van der Waals surface area (Å²) in [6.45, 7) is 6.08. The fourth-order valence-corrected chi connectivity index (χ4v) is 3.85. The largest absolute Gasteiger partial charge is 0.496 e. The van der Waals surface area contributed by atoms with Crippen LogP contribution in [0.5, 0.6) is 5.75 Å². The Morgan fingerprint density at radius 3 is 2.73 bits per heavy atom. The monoisotopic (exact) mass is 369 g/mol. The van der Waals surface area contributed by atoms with Crippen LogP contribution in [0.25, 0.3) is 16.9 Å². The van der Waals surface area contributed by atoms with Gasteiger partial charge in [-0.2, -0.15) is 0 Å². The lowest BCUT2D eigenvalue weighted by Gasteiger charge is -2.13. The quantitative estimate of drug-likeness (QED) is 0.464. The molecule has 2 heterocycles. The van der Waals surface area contributed by atoms with Gasteiger partial charge in [0.15, 0.2) is 11.4 Å². The van der Waals surface area contributed by atoms with Gasteiger partial charge in [-0.05, 0) is 43.7 Å². The maximum absolute atomic E-state index is 12.7. The molecule has 3 rings (SSSR count). The fourth-order valence-electron chi connectivity index (χ4n) is 3.27. The third-order valence-corrected chi connectivity index (χ3v) is 5.02. The fraction of sp³-hybridized carbons (Fsp3) is 0.350. The van der Waals surface area contributed by atoms with Gasteiger partial charge in [0.1, 0.15) is 22.2 Å². The van der Waals surface area contributed by atoms with Crippen LogP contribution in [-0.4, -0.2) is 33.5 Å². The number of aryl methyl sites for hydroxylation is 2. The van der Waals surface area contributed by atoms with E-state index in [4.69, 9.17) is 9.72 Å². The van der Waals surface area contributed by atoms with Crippen LogP contribution in [0.4, 0.5) is 0 Å². The zero-order chi connectivity index (χ0) is 18.8. The number of hydrogen-bond donors (Lipinski definition) is 0. The molecule has 0 saturated heterocycles. The van der Waals surface area contributed by atoms with E-state index in [0.717, 1.165) is 39.6 Å². The minimum absolute atomic E-state index is 0.106. The molecular weight excluding hydrogens is 346 g/mol.